The van der Waals surface area contributed by atoms with Crippen LogP contribution in [0.3, 0.4) is 0 Å². The highest BCUT2D eigenvalue weighted by atomic mass is 32.2. The maximum absolute atomic E-state index is 12.6. The van der Waals surface area contributed by atoms with E-state index >= 15 is 0 Å². The summed E-state index contributed by atoms with van der Waals surface area (Å²) in [5.41, 5.74) is 4.97. The van der Waals surface area contributed by atoms with Crippen molar-refractivity contribution >= 4 is 51.9 Å². The maximum Gasteiger partial charge on any atom is 0.339 e. The number of para-hydroxylation sites is 1. The fraction of sp³-hybridized carbons (Fsp3) is 0.240. The van der Waals surface area contributed by atoms with Gasteiger partial charge < -0.3 is 15.0 Å². The molecule has 1 aromatic carbocycles. The molecular formula is C25H23N3O3S2. The number of rotatable bonds is 4. The minimum absolute atomic E-state index is 0.183. The van der Waals surface area contributed by atoms with Crippen LogP contribution in [0.4, 0.5) is 5.69 Å². The van der Waals surface area contributed by atoms with Crippen molar-refractivity contribution in [2.75, 3.05) is 0 Å². The van der Waals surface area contributed by atoms with Gasteiger partial charge in [0.1, 0.15) is 5.00 Å². The number of carboxylic acids is 1. The maximum atomic E-state index is 12.6. The van der Waals surface area contributed by atoms with E-state index in [1.165, 1.54) is 16.6 Å². The second-order valence-electron chi connectivity index (χ2n) is 8.18. The summed E-state index contributed by atoms with van der Waals surface area (Å²) in [5, 5.41) is 14.1. The molecule has 0 atom stereocenters. The van der Waals surface area contributed by atoms with Crippen LogP contribution < -0.4 is 5.32 Å². The van der Waals surface area contributed by atoms with Crippen molar-refractivity contribution in [1.82, 2.24) is 9.88 Å². The number of fused-ring (bicyclic) bond motifs is 1. The minimum Gasteiger partial charge on any atom is -0.478 e. The van der Waals surface area contributed by atoms with E-state index in [0.717, 1.165) is 58.9 Å². The highest BCUT2D eigenvalue weighted by molar-refractivity contribution is 8.18. The summed E-state index contributed by atoms with van der Waals surface area (Å²) in [7, 11) is 0. The number of aromatic nitrogens is 1. The second-order valence-corrected chi connectivity index (χ2v) is 10.3. The van der Waals surface area contributed by atoms with Gasteiger partial charge in [0.25, 0.3) is 5.91 Å². The number of hydrogen-bond donors (Lipinski definition) is 2. The molecule has 0 bridgehead atoms. The number of benzene rings is 1. The largest absolute Gasteiger partial charge is 0.478 e. The first-order chi connectivity index (χ1) is 15.9. The van der Waals surface area contributed by atoms with Crippen LogP contribution in [0.2, 0.25) is 0 Å². The van der Waals surface area contributed by atoms with Gasteiger partial charge in [0.2, 0.25) is 0 Å². The minimum atomic E-state index is -0.871. The Morgan fingerprint density at radius 2 is 1.94 bits per heavy atom. The Hall–Kier alpha value is -3.10. The molecule has 3 heterocycles. The molecule has 0 unspecified atom stereocenters. The Morgan fingerprint density at radius 3 is 2.70 bits per heavy atom. The quantitative estimate of drug-likeness (QED) is 0.478. The van der Waals surface area contributed by atoms with Crippen molar-refractivity contribution in [3.8, 4) is 5.00 Å². The topological polar surface area (TPSA) is 83.7 Å². The van der Waals surface area contributed by atoms with E-state index in [4.69, 9.17) is 0 Å². The summed E-state index contributed by atoms with van der Waals surface area (Å²) in [6.45, 7) is 3.95. The molecule has 168 valence electrons. The number of aliphatic imine (C=N–C) groups is 1. The Labute approximate surface area is 200 Å². The van der Waals surface area contributed by atoms with Crippen molar-refractivity contribution in [3.05, 3.63) is 74.3 Å². The van der Waals surface area contributed by atoms with Crippen LogP contribution in [0.1, 0.15) is 50.6 Å². The lowest BCUT2D eigenvalue weighted by molar-refractivity contribution is -0.115. The van der Waals surface area contributed by atoms with E-state index in [1.54, 1.807) is 11.3 Å². The Morgan fingerprint density at radius 1 is 1.18 bits per heavy atom. The number of hydrogen-bond acceptors (Lipinski definition) is 5. The highest BCUT2D eigenvalue weighted by Gasteiger charge is 2.28. The van der Waals surface area contributed by atoms with Crippen molar-refractivity contribution in [1.29, 1.82) is 0 Å². The zero-order valence-corrected chi connectivity index (χ0v) is 20.0. The third-order valence-electron chi connectivity index (χ3n) is 5.96. The SMILES string of the molecule is Cc1cc(C=C2SC(=Nc3ccccc3)NC2=O)c(C)n1-c1sc2c(c1C(=O)O)CCCC2. The lowest BCUT2D eigenvalue weighted by Crippen LogP contribution is -2.19. The molecule has 0 saturated carbocycles. The number of nitrogens with one attached hydrogen (secondary N) is 1. The zero-order chi connectivity index (χ0) is 23.1. The lowest BCUT2D eigenvalue weighted by Gasteiger charge is -2.11. The van der Waals surface area contributed by atoms with Crippen molar-refractivity contribution in [2.45, 2.75) is 39.5 Å². The van der Waals surface area contributed by atoms with E-state index in [1.807, 2.05) is 60.9 Å². The van der Waals surface area contributed by atoms with Gasteiger partial charge in [0.05, 0.1) is 16.2 Å². The molecule has 2 N–H and O–H groups in total. The number of carboxylic acid groups (broad SMARTS) is 1. The molecule has 1 fully saturated rings. The number of aryl methyl sites for hydroxylation is 2. The molecule has 1 aliphatic heterocycles. The highest BCUT2D eigenvalue weighted by Crippen LogP contribution is 2.39. The zero-order valence-electron chi connectivity index (χ0n) is 18.3. The van der Waals surface area contributed by atoms with Crippen LogP contribution in [0.15, 0.2) is 46.3 Å². The second kappa shape index (κ2) is 8.68. The molecule has 33 heavy (non-hydrogen) atoms. The summed E-state index contributed by atoms with van der Waals surface area (Å²) < 4.78 is 2.02. The lowest BCUT2D eigenvalue weighted by atomic mass is 9.95. The third kappa shape index (κ3) is 4.05. The van der Waals surface area contributed by atoms with E-state index in [9.17, 15) is 14.7 Å². The van der Waals surface area contributed by atoms with Gasteiger partial charge in [-0.05, 0) is 86.7 Å². The Bertz CT molecular complexity index is 1330. The van der Waals surface area contributed by atoms with Crippen molar-refractivity contribution in [2.24, 2.45) is 4.99 Å². The molecule has 2 aromatic heterocycles. The average Bonchev–Trinajstić information content (AvgIpc) is 3.42. The molecule has 1 saturated heterocycles. The van der Waals surface area contributed by atoms with Gasteiger partial charge in [-0.1, -0.05) is 18.2 Å². The number of amides is 1. The number of thiophene rings is 1. The number of amidine groups is 1. The summed E-state index contributed by atoms with van der Waals surface area (Å²) in [4.78, 5) is 31.0. The average molecular weight is 478 g/mol. The number of nitrogens with zero attached hydrogens (tertiary/aromatic N) is 2. The number of carbonyl (C=O) groups is 2. The third-order valence-corrected chi connectivity index (χ3v) is 8.15. The van der Waals surface area contributed by atoms with Crippen LogP contribution in [-0.2, 0) is 17.6 Å². The standard InChI is InChI=1S/C25H23N3O3S2/c1-14-12-16(13-20-22(29)27-25(33-20)26-17-8-4-3-5-9-17)15(2)28(14)23-21(24(30)31)18-10-6-7-11-19(18)32-23/h3-5,8-9,12-13H,6-7,10-11H2,1-2H3,(H,30,31)(H,26,27,29). The van der Waals surface area contributed by atoms with Crippen LogP contribution in [0.25, 0.3) is 11.1 Å². The summed E-state index contributed by atoms with van der Waals surface area (Å²) in [6, 6.07) is 11.5. The number of carbonyl (C=O) groups excluding carboxylic acids is 1. The summed E-state index contributed by atoms with van der Waals surface area (Å²) in [5.74, 6) is -1.05. The number of thioether (sulfide) groups is 1. The van der Waals surface area contributed by atoms with Gasteiger partial charge in [-0.2, -0.15) is 0 Å². The molecule has 6 nitrogen and oxygen atoms in total. The fourth-order valence-electron chi connectivity index (χ4n) is 4.42. The number of aromatic carboxylic acids is 1. The van der Waals surface area contributed by atoms with Crippen LogP contribution in [0.5, 0.6) is 0 Å². The fourth-order valence-corrected chi connectivity index (χ4v) is 6.74. The van der Waals surface area contributed by atoms with Gasteiger partial charge in [0.15, 0.2) is 5.17 Å². The van der Waals surface area contributed by atoms with E-state index in [-0.39, 0.29) is 5.91 Å². The molecule has 0 radical (unpaired) electrons. The van der Waals surface area contributed by atoms with Gasteiger partial charge in [-0.25, -0.2) is 9.79 Å². The molecule has 1 amide bonds. The smallest absolute Gasteiger partial charge is 0.339 e. The molecule has 0 spiro atoms. The van der Waals surface area contributed by atoms with Crippen LogP contribution in [0, 0.1) is 13.8 Å². The van der Waals surface area contributed by atoms with Gasteiger partial charge in [-0.15, -0.1) is 11.3 Å². The van der Waals surface area contributed by atoms with Crippen molar-refractivity contribution < 1.29 is 14.7 Å². The van der Waals surface area contributed by atoms with Gasteiger partial charge in [0, 0.05) is 16.3 Å². The summed E-state index contributed by atoms with van der Waals surface area (Å²) >= 11 is 2.90. The van der Waals surface area contributed by atoms with Crippen LogP contribution >= 0.6 is 23.1 Å². The first kappa shape index (κ1) is 21.7. The van der Waals surface area contributed by atoms with Gasteiger partial charge >= 0.3 is 5.97 Å². The first-order valence-electron chi connectivity index (χ1n) is 10.8. The van der Waals surface area contributed by atoms with E-state index < -0.39 is 5.97 Å². The molecule has 5 rings (SSSR count). The Kier molecular flexibility index (Phi) is 5.72. The molecule has 8 heteroatoms. The molecule has 1 aliphatic carbocycles. The predicted octanol–water partition coefficient (Wildman–Crippen LogP) is 5.62. The van der Waals surface area contributed by atoms with Gasteiger partial charge in [-0.3, -0.25) is 4.79 Å². The Balaban J connectivity index is 1.52. The normalized spacial score (nSPS) is 18.1. The van der Waals surface area contributed by atoms with Crippen LogP contribution in [-0.4, -0.2) is 26.7 Å². The van der Waals surface area contributed by atoms with E-state index in [2.05, 4.69) is 10.3 Å². The molecular weight excluding hydrogens is 454 g/mol. The monoisotopic (exact) mass is 477 g/mol. The predicted molar refractivity (Wildman–Crippen MR) is 134 cm³/mol. The first-order valence-corrected chi connectivity index (χ1v) is 12.5. The van der Waals surface area contributed by atoms with E-state index in [0.29, 0.717) is 15.6 Å². The molecule has 3 aromatic rings. The molecule has 2 aliphatic rings. The van der Waals surface area contributed by atoms with Crippen molar-refractivity contribution in [3.63, 3.8) is 0 Å². The summed E-state index contributed by atoms with van der Waals surface area (Å²) in [6.07, 6.45) is 5.76.